The summed E-state index contributed by atoms with van der Waals surface area (Å²) >= 11 is 0. The summed E-state index contributed by atoms with van der Waals surface area (Å²) in [6.07, 6.45) is 20.1. The first kappa shape index (κ1) is 31.4. The molecule has 44 heavy (non-hydrogen) atoms. The third kappa shape index (κ3) is 5.38. The smallest absolute Gasteiger partial charge is 0.550 e. The van der Waals surface area contributed by atoms with Gasteiger partial charge in [-0.2, -0.15) is 0 Å². The minimum Gasteiger partial charge on any atom is -0.550 e. The second-order valence-electron chi connectivity index (χ2n) is 16.1. The van der Waals surface area contributed by atoms with Gasteiger partial charge in [-0.15, -0.1) is 0 Å². The van der Waals surface area contributed by atoms with Gasteiger partial charge in [-0.1, -0.05) is 44.9 Å². The van der Waals surface area contributed by atoms with Crippen LogP contribution >= 0.6 is 0 Å². The first-order valence-corrected chi connectivity index (χ1v) is 18.4. The molecule has 8 bridgehead atoms. The molecule has 0 aromatic carbocycles. The van der Waals surface area contributed by atoms with Gasteiger partial charge in [0.15, 0.2) is 0 Å². The van der Waals surface area contributed by atoms with Crippen molar-refractivity contribution in [2.24, 2.45) is 53.3 Å². The monoisotopic (exact) mass is 618 g/mol. The molecule has 17 unspecified atom stereocenters. The van der Waals surface area contributed by atoms with Crippen LogP contribution in [0.4, 0.5) is 0 Å². The Hall–Kier alpha value is 0.150. The zero-order chi connectivity index (χ0) is 28.7. The molecule has 9 fully saturated rings. The second-order valence-corrected chi connectivity index (χ2v) is 16.1. The van der Waals surface area contributed by atoms with Crippen molar-refractivity contribution in [3.05, 3.63) is 0 Å². The Labute approximate surface area is 285 Å². The third-order valence-corrected chi connectivity index (χ3v) is 14.2. The van der Waals surface area contributed by atoms with Gasteiger partial charge in [0.2, 0.25) is 0 Å². The predicted octanol–water partition coefficient (Wildman–Crippen LogP) is -2.41. The molecule has 5 heterocycles. The Morgan fingerprint density at radius 1 is 0.386 bits per heavy atom. The fourth-order valence-corrected chi connectivity index (χ4v) is 12.3. The van der Waals surface area contributed by atoms with Gasteiger partial charge in [-0.05, 0) is 92.8 Å². The summed E-state index contributed by atoms with van der Waals surface area (Å²) in [4.78, 5) is 12.5. The van der Waals surface area contributed by atoms with E-state index in [1.54, 1.807) is 0 Å². The van der Waals surface area contributed by atoms with Gasteiger partial charge in [0.05, 0.1) is 49.3 Å². The van der Waals surface area contributed by atoms with Gasteiger partial charge < -0.3 is 9.90 Å². The summed E-state index contributed by atoms with van der Waals surface area (Å²) in [6.45, 7) is 0. The Kier molecular flexibility index (Phi) is 9.20. The number of hydrogen-bond acceptors (Lipinski definition) is 10. The van der Waals surface area contributed by atoms with E-state index in [9.17, 15) is 9.90 Å². The maximum absolute atomic E-state index is 12.5. The zero-order valence-electron chi connectivity index (χ0n) is 26.7. The van der Waals surface area contributed by atoms with E-state index in [-0.39, 0.29) is 66.3 Å². The Balaban J connectivity index is 0.00000289. The SMILES string of the molecule is O=C([O-])C1CCCC2C3NC4NC(NC5NC(NC6NC(NC(N3)C12)C1CCCCC61)C1CCCCC51)C1CCCCC41.[Na+]. The molecule has 5 saturated heterocycles. The van der Waals surface area contributed by atoms with Crippen LogP contribution < -0.4 is 77.2 Å². The molecule has 11 heteroatoms. The van der Waals surface area contributed by atoms with Gasteiger partial charge in [-0.25, -0.2) is 0 Å². The van der Waals surface area contributed by atoms with Gasteiger partial charge >= 0.3 is 29.6 Å². The van der Waals surface area contributed by atoms with Crippen LogP contribution in [0.2, 0.25) is 0 Å². The molecule has 0 aromatic rings. The molecular formula is C33H55N8NaO2. The summed E-state index contributed by atoms with van der Waals surface area (Å²) in [7, 11) is 0. The van der Waals surface area contributed by atoms with Crippen molar-refractivity contribution < 1.29 is 39.5 Å². The molecule has 17 atom stereocenters. The average Bonchev–Trinajstić information content (AvgIpc) is 3.76. The first-order chi connectivity index (χ1) is 21.1. The van der Waals surface area contributed by atoms with Crippen LogP contribution in [-0.2, 0) is 4.79 Å². The van der Waals surface area contributed by atoms with Crippen LogP contribution in [0.15, 0.2) is 0 Å². The van der Waals surface area contributed by atoms with Crippen LogP contribution in [-0.4, -0.2) is 55.3 Å². The van der Waals surface area contributed by atoms with Crippen molar-refractivity contribution in [1.82, 2.24) is 42.5 Å². The van der Waals surface area contributed by atoms with E-state index in [1.165, 1.54) is 77.0 Å². The van der Waals surface area contributed by atoms with Crippen LogP contribution in [0.3, 0.4) is 0 Å². The van der Waals surface area contributed by atoms with Crippen molar-refractivity contribution in [1.29, 1.82) is 0 Å². The molecule has 4 saturated carbocycles. The molecule has 0 spiro atoms. The van der Waals surface area contributed by atoms with Crippen LogP contribution in [0.25, 0.3) is 0 Å². The van der Waals surface area contributed by atoms with E-state index in [2.05, 4.69) is 42.5 Å². The summed E-state index contributed by atoms with van der Waals surface area (Å²) in [5, 5.41) is 45.3. The number of fused-ring (bicyclic) bond motifs is 20. The van der Waals surface area contributed by atoms with Crippen molar-refractivity contribution in [2.45, 2.75) is 146 Å². The number of carboxylic acid groups (broad SMARTS) is 1. The molecule has 10 nitrogen and oxygen atoms in total. The van der Waals surface area contributed by atoms with E-state index >= 15 is 0 Å². The van der Waals surface area contributed by atoms with Gasteiger partial charge in [0, 0.05) is 17.8 Å². The molecule has 0 amide bonds. The number of carbonyl (C=O) groups is 1. The van der Waals surface area contributed by atoms with Crippen molar-refractivity contribution in [3.63, 3.8) is 0 Å². The number of rotatable bonds is 1. The summed E-state index contributed by atoms with van der Waals surface area (Å²) in [5.74, 6) is 2.83. The van der Waals surface area contributed by atoms with Gasteiger partial charge in [0.25, 0.3) is 0 Å². The molecule has 0 radical (unpaired) electrons. The topological polar surface area (TPSA) is 136 Å². The van der Waals surface area contributed by atoms with Crippen LogP contribution in [0, 0.1) is 53.3 Å². The van der Waals surface area contributed by atoms with E-state index in [1.807, 2.05) is 0 Å². The number of carboxylic acids is 1. The molecule has 9 rings (SSSR count). The molecule has 5 aliphatic heterocycles. The van der Waals surface area contributed by atoms with E-state index < -0.39 is 11.9 Å². The quantitative estimate of drug-likeness (QED) is 0.150. The van der Waals surface area contributed by atoms with Crippen molar-refractivity contribution in [2.75, 3.05) is 0 Å². The maximum Gasteiger partial charge on any atom is 1.00 e. The summed E-state index contributed by atoms with van der Waals surface area (Å²) in [6, 6.07) is 0. The van der Waals surface area contributed by atoms with E-state index in [0.29, 0.717) is 59.9 Å². The standard InChI is InChI=1S/C33H56N8O2.Na/c42-33(43)23-15-7-14-22-24(23)32-40-30-21-13-6-5-12-20(21)28(38-30)36-26-17-9-2-1-8-16(17)25(34-26)35-27-18-10-3-4-11-19(18)29(37-27)39-31(22)41-32;/h16-32,34-41H,1-15H2,(H,42,43);/q;+1/p-1. The maximum atomic E-state index is 12.5. The first-order valence-electron chi connectivity index (χ1n) is 18.4. The Morgan fingerprint density at radius 2 is 0.659 bits per heavy atom. The summed E-state index contributed by atoms with van der Waals surface area (Å²) < 4.78 is 0. The molecule has 8 N–H and O–H groups in total. The minimum absolute atomic E-state index is 0. The second kappa shape index (κ2) is 12.9. The van der Waals surface area contributed by atoms with Crippen molar-refractivity contribution in [3.8, 4) is 0 Å². The van der Waals surface area contributed by atoms with Crippen LogP contribution in [0.5, 0.6) is 0 Å². The van der Waals surface area contributed by atoms with Crippen molar-refractivity contribution >= 4 is 5.97 Å². The molecule has 4 aliphatic carbocycles. The predicted molar refractivity (Wildman–Crippen MR) is 161 cm³/mol. The van der Waals surface area contributed by atoms with E-state index in [4.69, 9.17) is 0 Å². The normalized spacial score (nSPS) is 54.8. The number of nitrogens with one attached hydrogen (secondary N) is 8. The Morgan fingerprint density at radius 3 is 0.977 bits per heavy atom. The number of aliphatic carboxylic acids is 1. The average molecular weight is 619 g/mol. The number of hydrogen-bond donors (Lipinski definition) is 8. The fourth-order valence-electron chi connectivity index (χ4n) is 12.3. The third-order valence-electron chi connectivity index (χ3n) is 14.2. The Bertz CT molecular complexity index is 1050. The molecule has 0 aromatic heterocycles. The van der Waals surface area contributed by atoms with E-state index in [0.717, 1.165) is 19.3 Å². The van der Waals surface area contributed by atoms with Gasteiger partial charge in [0.1, 0.15) is 0 Å². The largest absolute Gasteiger partial charge is 1.00 e. The molecular weight excluding hydrogens is 563 g/mol. The molecule has 9 aliphatic rings. The minimum atomic E-state index is -0.857. The van der Waals surface area contributed by atoms with Crippen LogP contribution in [0.1, 0.15) is 96.3 Å². The number of carbonyl (C=O) groups excluding carboxylic acids is 1. The fraction of sp³-hybridized carbons (Fsp3) is 0.970. The zero-order valence-corrected chi connectivity index (χ0v) is 28.7. The summed E-state index contributed by atoms with van der Waals surface area (Å²) in [5.41, 5.74) is 0. The van der Waals surface area contributed by atoms with Gasteiger partial charge in [-0.3, -0.25) is 42.5 Å². The molecule has 240 valence electrons.